The number of benzene rings is 1. The summed E-state index contributed by atoms with van der Waals surface area (Å²) in [6, 6.07) is 7.71. The number of carbonyl (C=O) groups is 2. The molecule has 0 aromatic heterocycles. The molecule has 1 aromatic carbocycles. The molecule has 1 aliphatic rings. The van der Waals surface area contributed by atoms with Gasteiger partial charge in [0.1, 0.15) is 6.04 Å². The number of ether oxygens (including phenoxy) is 1. The molecule has 1 aromatic rings. The van der Waals surface area contributed by atoms with Gasteiger partial charge in [-0.2, -0.15) is 0 Å². The summed E-state index contributed by atoms with van der Waals surface area (Å²) in [6.45, 7) is 2.50. The van der Waals surface area contributed by atoms with Crippen molar-refractivity contribution < 1.29 is 19.4 Å². The second-order valence-corrected chi connectivity index (χ2v) is 5.17. The number of hydrogen-bond donors (Lipinski definition) is 3. The highest BCUT2D eigenvalue weighted by molar-refractivity contribution is 5.82. The SMILES string of the molecule is CC1OCCC1NC(=O)N[C@H](Cc1ccccc1)C(=O)O. The molecule has 6 nitrogen and oxygen atoms in total. The lowest BCUT2D eigenvalue weighted by Crippen LogP contribution is -2.51. The van der Waals surface area contributed by atoms with Gasteiger partial charge >= 0.3 is 12.0 Å². The van der Waals surface area contributed by atoms with Crippen molar-refractivity contribution in [1.82, 2.24) is 10.6 Å². The van der Waals surface area contributed by atoms with Crippen molar-refractivity contribution in [1.29, 1.82) is 0 Å². The van der Waals surface area contributed by atoms with Crippen molar-refractivity contribution in [3.63, 3.8) is 0 Å². The zero-order valence-corrected chi connectivity index (χ0v) is 11.9. The summed E-state index contributed by atoms with van der Waals surface area (Å²) in [5, 5.41) is 14.5. The third-order valence-electron chi connectivity index (χ3n) is 3.58. The number of amides is 2. The molecule has 3 atom stereocenters. The van der Waals surface area contributed by atoms with E-state index >= 15 is 0 Å². The van der Waals surface area contributed by atoms with E-state index in [4.69, 9.17) is 4.74 Å². The Bertz CT molecular complexity index is 492. The third kappa shape index (κ3) is 4.46. The maximum atomic E-state index is 11.9. The van der Waals surface area contributed by atoms with E-state index < -0.39 is 18.0 Å². The molecule has 0 saturated carbocycles. The smallest absolute Gasteiger partial charge is 0.326 e. The monoisotopic (exact) mass is 292 g/mol. The summed E-state index contributed by atoms with van der Waals surface area (Å²) >= 11 is 0. The maximum absolute atomic E-state index is 11.9. The van der Waals surface area contributed by atoms with Gasteiger partial charge in [0.25, 0.3) is 0 Å². The number of rotatable bonds is 5. The molecule has 0 bridgehead atoms. The molecule has 0 spiro atoms. The quantitative estimate of drug-likeness (QED) is 0.760. The summed E-state index contributed by atoms with van der Waals surface area (Å²) in [4.78, 5) is 23.2. The Morgan fingerprint density at radius 1 is 1.38 bits per heavy atom. The average Bonchev–Trinajstić information content (AvgIpc) is 2.84. The van der Waals surface area contributed by atoms with Crippen molar-refractivity contribution in [3.05, 3.63) is 35.9 Å². The molecule has 3 N–H and O–H groups in total. The van der Waals surface area contributed by atoms with Gasteiger partial charge in [0.2, 0.25) is 0 Å². The zero-order valence-electron chi connectivity index (χ0n) is 11.9. The van der Waals surface area contributed by atoms with E-state index in [9.17, 15) is 14.7 Å². The Kier molecular flexibility index (Phi) is 5.16. The fourth-order valence-electron chi connectivity index (χ4n) is 2.34. The van der Waals surface area contributed by atoms with E-state index in [1.165, 1.54) is 0 Å². The predicted molar refractivity (Wildman–Crippen MR) is 77.1 cm³/mol. The summed E-state index contributed by atoms with van der Waals surface area (Å²) in [5.41, 5.74) is 0.864. The van der Waals surface area contributed by atoms with Gasteiger partial charge in [0.05, 0.1) is 12.1 Å². The highest BCUT2D eigenvalue weighted by atomic mass is 16.5. The van der Waals surface area contributed by atoms with E-state index in [0.717, 1.165) is 12.0 Å². The van der Waals surface area contributed by atoms with Crippen LogP contribution in [0.25, 0.3) is 0 Å². The summed E-state index contributed by atoms with van der Waals surface area (Å²) < 4.78 is 5.36. The van der Waals surface area contributed by atoms with Crippen LogP contribution in [0.3, 0.4) is 0 Å². The number of carboxylic acids is 1. The van der Waals surface area contributed by atoms with E-state index in [1.54, 1.807) is 0 Å². The number of urea groups is 1. The number of hydrogen-bond acceptors (Lipinski definition) is 3. The largest absolute Gasteiger partial charge is 0.480 e. The van der Waals surface area contributed by atoms with Gasteiger partial charge in [0, 0.05) is 13.0 Å². The van der Waals surface area contributed by atoms with Crippen molar-refractivity contribution in [2.75, 3.05) is 6.61 Å². The Balaban J connectivity index is 1.90. The zero-order chi connectivity index (χ0) is 15.2. The highest BCUT2D eigenvalue weighted by Crippen LogP contribution is 2.12. The van der Waals surface area contributed by atoms with Crippen LogP contribution in [0.15, 0.2) is 30.3 Å². The van der Waals surface area contributed by atoms with Gasteiger partial charge in [-0.3, -0.25) is 0 Å². The molecule has 6 heteroatoms. The second-order valence-electron chi connectivity index (χ2n) is 5.17. The van der Waals surface area contributed by atoms with Gasteiger partial charge < -0.3 is 20.5 Å². The number of carboxylic acid groups (broad SMARTS) is 1. The molecule has 114 valence electrons. The number of nitrogens with one attached hydrogen (secondary N) is 2. The lowest BCUT2D eigenvalue weighted by molar-refractivity contribution is -0.139. The minimum atomic E-state index is -1.05. The summed E-state index contributed by atoms with van der Waals surface area (Å²) in [7, 11) is 0. The van der Waals surface area contributed by atoms with Crippen molar-refractivity contribution in [2.45, 2.75) is 38.0 Å². The first-order valence-corrected chi connectivity index (χ1v) is 7.01. The Hall–Kier alpha value is -2.08. The van der Waals surface area contributed by atoms with Gasteiger partial charge in [0.15, 0.2) is 0 Å². The van der Waals surface area contributed by atoms with Crippen LogP contribution in [0.1, 0.15) is 18.9 Å². The van der Waals surface area contributed by atoms with E-state index in [-0.39, 0.29) is 18.6 Å². The van der Waals surface area contributed by atoms with Crippen molar-refractivity contribution in [2.24, 2.45) is 0 Å². The lowest BCUT2D eigenvalue weighted by Gasteiger charge is -2.19. The van der Waals surface area contributed by atoms with Crippen molar-refractivity contribution in [3.8, 4) is 0 Å². The van der Waals surface area contributed by atoms with Crippen LogP contribution in [-0.2, 0) is 16.0 Å². The van der Waals surface area contributed by atoms with Gasteiger partial charge in [-0.05, 0) is 18.9 Å². The first-order chi connectivity index (χ1) is 10.1. The first kappa shape index (κ1) is 15.3. The lowest BCUT2D eigenvalue weighted by atomic mass is 10.1. The Morgan fingerprint density at radius 2 is 2.10 bits per heavy atom. The normalized spacial score (nSPS) is 22.5. The van der Waals surface area contributed by atoms with Gasteiger partial charge in [-0.25, -0.2) is 9.59 Å². The average molecular weight is 292 g/mol. The third-order valence-corrected chi connectivity index (χ3v) is 3.58. The van der Waals surface area contributed by atoms with Crippen LogP contribution in [0.2, 0.25) is 0 Å². The molecule has 1 fully saturated rings. The number of carbonyl (C=O) groups excluding carboxylic acids is 1. The van der Waals surface area contributed by atoms with Crippen molar-refractivity contribution >= 4 is 12.0 Å². The molecule has 2 amide bonds. The molecule has 0 radical (unpaired) electrons. The topological polar surface area (TPSA) is 87.7 Å². The summed E-state index contributed by atoms with van der Waals surface area (Å²) in [5.74, 6) is -1.05. The van der Waals surface area contributed by atoms with Crippen LogP contribution in [0.4, 0.5) is 4.79 Å². The molecule has 2 rings (SSSR count). The predicted octanol–water partition coefficient (Wildman–Crippen LogP) is 1.16. The standard InChI is InChI=1S/C15H20N2O4/c1-10-12(7-8-21-10)16-15(20)17-13(14(18)19)9-11-5-3-2-4-6-11/h2-6,10,12-13H,7-9H2,1H3,(H,18,19)(H2,16,17,20)/t10?,12?,13-/m1/s1. The van der Waals surface area contributed by atoms with Gasteiger partial charge in [-0.1, -0.05) is 30.3 Å². The van der Waals surface area contributed by atoms with Gasteiger partial charge in [-0.15, -0.1) is 0 Å². The fraction of sp³-hybridized carbons (Fsp3) is 0.467. The first-order valence-electron chi connectivity index (χ1n) is 7.01. The molecule has 1 aliphatic heterocycles. The minimum Gasteiger partial charge on any atom is -0.480 e. The van der Waals surface area contributed by atoms with Crippen LogP contribution >= 0.6 is 0 Å². The Morgan fingerprint density at radius 3 is 2.67 bits per heavy atom. The number of aliphatic carboxylic acids is 1. The maximum Gasteiger partial charge on any atom is 0.326 e. The van der Waals surface area contributed by atoms with E-state index in [2.05, 4.69) is 10.6 Å². The minimum absolute atomic E-state index is 0.0480. The molecule has 1 saturated heterocycles. The molecule has 21 heavy (non-hydrogen) atoms. The second kappa shape index (κ2) is 7.08. The molecule has 1 heterocycles. The fourth-order valence-corrected chi connectivity index (χ4v) is 2.34. The summed E-state index contributed by atoms with van der Waals surface area (Å²) in [6.07, 6.45) is 0.943. The van der Waals surface area contributed by atoms with Crippen LogP contribution in [-0.4, -0.2) is 41.9 Å². The molecule has 0 aliphatic carbocycles. The highest BCUT2D eigenvalue weighted by Gasteiger charge is 2.27. The van der Waals surface area contributed by atoms with Crippen LogP contribution < -0.4 is 10.6 Å². The van der Waals surface area contributed by atoms with E-state index in [1.807, 2.05) is 37.3 Å². The molecular formula is C15H20N2O4. The Labute approximate surface area is 123 Å². The van der Waals surface area contributed by atoms with E-state index in [0.29, 0.717) is 6.61 Å². The van der Waals surface area contributed by atoms with Crippen LogP contribution in [0, 0.1) is 0 Å². The molecule has 2 unspecified atom stereocenters. The molecular weight excluding hydrogens is 272 g/mol. The van der Waals surface area contributed by atoms with Crippen LogP contribution in [0.5, 0.6) is 0 Å².